The van der Waals surface area contributed by atoms with Gasteiger partial charge in [-0.05, 0) is 154 Å². The van der Waals surface area contributed by atoms with Crippen LogP contribution in [0.3, 0.4) is 0 Å². The number of carboxylic acids is 1. The summed E-state index contributed by atoms with van der Waals surface area (Å²) in [5.41, 5.74) is 10.7. The Hall–Kier alpha value is -7.35. The maximum Gasteiger partial charge on any atom is 0.435 e. The third-order valence-corrected chi connectivity index (χ3v) is 13.0. The van der Waals surface area contributed by atoms with Gasteiger partial charge in [0.2, 0.25) is 10.6 Å². The first kappa shape index (κ1) is 64.5. The minimum absolute atomic E-state index is 0. The van der Waals surface area contributed by atoms with Gasteiger partial charge in [-0.15, -0.1) is 11.3 Å². The number of fused-ring (bicyclic) bond motifs is 3. The van der Waals surface area contributed by atoms with E-state index in [2.05, 4.69) is 88.0 Å². The summed E-state index contributed by atoms with van der Waals surface area (Å²) >= 11 is 19.5. The average Bonchev–Trinajstić information content (AvgIpc) is 4.46. The quantitative estimate of drug-likeness (QED) is 0.0550. The molecule has 1 fully saturated rings. The van der Waals surface area contributed by atoms with Gasteiger partial charge in [0.1, 0.15) is 27.9 Å². The van der Waals surface area contributed by atoms with Crippen LogP contribution in [0.1, 0.15) is 61.7 Å². The number of aromatic nitrogens is 9. The topological polar surface area (TPSA) is 275 Å². The number of aromatic amines is 2. The predicted molar refractivity (Wildman–Crippen MR) is 330 cm³/mol. The Bertz CT molecular complexity index is 3570. The first-order valence-corrected chi connectivity index (χ1v) is 27.4. The van der Waals surface area contributed by atoms with Crippen molar-refractivity contribution < 1.29 is 33.7 Å². The van der Waals surface area contributed by atoms with Crippen molar-refractivity contribution in [1.82, 2.24) is 50.2 Å². The van der Waals surface area contributed by atoms with Crippen LogP contribution < -0.4 is 26.4 Å². The molecule has 0 spiro atoms. The molecule has 8 N–H and O–H groups in total. The number of ketones is 1. The zero-order valence-corrected chi connectivity index (χ0v) is 49.8. The maximum absolute atomic E-state index is 12.2. The number of carbonyl (C=O) groups excluding carboxylic acids is 2. The number of hydrogen-bond acceptors (Lipinski definition) is 17. The van der Waals surface area contributed by atoms with Gasteiger partial charge in [0.15, 0.2) is 5.78 Å². The number of nitrogens with one attached hydrogen (secondary N) is 5. The van der Waals surface area contributed by atoms with Gasteiger partial charge < -0.3 is 46.0 Å². The third-order valence-electron chi connectivity index (χ3n) is 10.6. The number of thiophene rings is 1. The molecule has 11 rings (SSSR count). The predicted octanol–water partition coefficient (Wildman–Crippen LogP) is 14.0. The standard InChI is InChI=1S/C16H16ClN5O2.C14H12ClN5O.C10H8BrNO.C9H5BrO2S.C4H9NO.C2H7N.CH4/c1-16(2,3)24-15(23)22-12-5-4-11(8-10(12)9-19-22)20-13-6-7-18-14(17)21-13;1-21-12-6-9(10-7-17-18-8-10)2-3-11(12)19-13-4-5-16-14(15)20-13;1-6(13)9-4-7-2-3-8(11)5-10(7)12-9;10-6-2-1-5-3-8(9(11)12)13-7(5)4-6;5-4-1-2-6-3-4;1-3-2;/h4-9H,1-3H3,(H,18,20,21);2-8H,1H3,(H,17,18)(H,16,19,20);2-5,12H,1H3;1-4H,(H,11,12);4H,1-3,5H2;3H,1-2H3;1H4. The van der Waals surface area contributed by atoms with Crippen LogP contribution in [0.25, 0.3) is 43.0 Å². The van der Waals surface area contributed by atoms with E-state index in [0.717, 1.165) is 77.5 Å². The molecule has 1 aliphatic heterocycles. The summed E-state index contributed by atoms with van der Waals surface area (Å²) in [4.78, 5) is 53.2. The van der Waals surface area contributed by atoms with Crippen molar-refractivity contribution in [1.29, 1.82) is 0 Å². The smallest absolute Gasteiger partial charge is 0.435 e. The normalized spacial score (nSPS) is 12.3. The number of methoxy groups -OCH3 is 1. The SMILES string of the molecule is C.CC(=O)c1cc2ccc(Br)cc2[nH]1.CC(C)(C)OC(=O)n1ncc2cc(Nc3ccnc(Cl)n3)ccc21.CNC.COc1cc(-c2cn[nH]c2)ccc1Nc1ccnc(Cl)n1.NC1CCOC1.O=C(O)c1cc2ccc(Br)cc2s1. The fourth-order valence-electron chi connectivity index (χ4n) is 6.99. The number of halogens is 4. The lowest BCUT2D eigenvalue weighted by Gasteiger charge is -2.19. The Morgan fingerprint density at radius 3 is 2.07 bits per heavy atom. The van der Waals surface area contributed by atoms with Crippen LogP contribution in [0.2, 0.25) is 10.6 Å². The van der Waals surface area contributed by atoms with Gasteiger partial charge in [0.25, 0.3) is 0 Å². The monoisotopic (exact) mass is 1290 g/mol. The molecule has 0 saturated carbocycles. The summed E-state index contributed by atoms with van der Waals surface area (Å²) in [6.07, 6.45) is 8.87. The molecule has 1 atom stereocenters. The zero-order valence-electron chi connectivity index (χ0n) is 44.3. The molecule has 25 heteroatoms. The number of nitrogens with two attached hydrogens (primary N) is 1. The molecule has 6 aromatic heterocycles. The van der Waals surface area contributed by atoms with Gasteiger partial charge >= 0.3 is 12.1 Å². The first-order chi connectivity index (χ1) is 38.2. The molecule has 1 saturated heterocycles. The lowest BCUT2D eigenvalue weighted by atomic mass is 10.1. The fraction of sp³-hybridized carbons (Fsp3) is 0.232. The van der Waals surface area contributed by atoms with Crippen LogP contribution in [-0.2, 0) is 9.47 Å². The van der Waals surface area contributed by atoms with E-state index in [-0.39, 0.29) is 23.8 Å². The van der Waals surface area contributed by atoms with Crippen LogP contribution in [0.15, 0.2) is 137 Å². The van der Waals surface area contributed by atoms with Crippen molar-refractivity contribution in [3.63, 3.8) is 0 Å². The van der Waals surface area contributed by atoms with E-state index in [1.165, 1.54) is 16.0 Å². The number of nitrogens with zero attached hydrogens (tertiary/aromatic N) is 7. The number of benzene rings is 4. The van der Waals surface area contributed by atoms with Gasteiger partial charge in [-0.1, -0.05) is 57.5 Å². The van der Waals surface area contributed by atoms with E-state index in [1.807, 2.05) is 114 Å². The Morgan fingerprint density at radius 2 is 1.51 bits per heavy atom. The fourth-order valence-corrected chi connectivity index (χ4v) is 9.10. The molecule has 0 radical (unpaired) electrons. The number of hydrogen-bond donors (Lipinski definition) is 7. The minimum Gasteiger partial charge on any atom is -0.495 e. The number of ether oxygens (including phenoxy) is 3. The number of aromatic carboxylic acids is 1. The van der Waals surface area contributed by atoms with Crippen LogP contribution in [0.4, 0.5) is 27.8 Å². The zero-order chi connectivity index (χ0) is 57.9. The molecule has 426 valence electrons. The number of rotatable bonds is 8. The molecular formula is C56H61Br2Cl2N13O7S. The van der Waals surface area contributed by atoms with Gasteiger partial charge in [0.05, 0.1) is 43.0 Å². The van der Waals surface area contributed by atoms with Crippen molar-refractivity contribution >= 4 is 139 Å². The van der Waals surface area contributed by atoms with Crippen LogP contribution >= 0.6 is 66.4 Å². The summed E-state index contributed by atoms with van der Waals surface area (Å²) in [5.74, 6) is 1.08. The van der Waals surface area contributed by atoms with Gasteiger partial charge in [0, 0.05) is 79.3 Å². The highest BCUT2D eigenvalue weighted by Crippen LogP contribution is 2.33. The Labute approximate surface area is 498 Å². The third kappa shape index (κ3) is 20.0. The average molecular weight is 1290 g/mol. The number of carbonyl (C=O) groups is 3. The lowest BCUT2D eigenvalue weighted by Crippen LogP contribution is -2.27. The van der Waals surface area contributed by atoms with E-state index in [9.17, 15) is 14.4 Å². The summed E-state index contributed by atoms with van der Waals surface area (Å²) in [6.45, 7) is 8.61. The van der Waals surface area contributed by atoms with Crippen molar-refractivity contribution in [2.75, 3.05) is 45.1 Å². The molecule has 1 unspecified atom stereocenters. The molecule has 7 heterocycles. The van der Waals surface area contributed by atoms with E-state index in [0.29, 0.717) is 39.5 Å². The van der Waals surface area contributed by atoms with Gasteiger partial charge in [-0.25, -0.2) is 29.5 Å². The summed E-state index contributed by atoms with van der Waals surface area (Å²) in [7, 11) is 5.37. The van der Waals surface area contributed by atoms with Crippen molar-refractivity contribution in [3.05, 3.63) is 158 Å². The highest BCUT2D eigenvalue weighted by molar-refractivity contribution is 9.10. The highest BCUT2D eigenvalue weighted by atomic mass is 79.9. The lowest BCUT2D eigenvalue weighted by molar-refractivity contribution is 0.0522. The Balaban J connectivity index is 0.000000192. The molecule has 1 aliphatic rings. The van der Waals surface area contributed by atoms with Gasteiger partial charge in [-0.2, -0.15) is 14.9 Å². The Kier molecular flexibility index (Phi) is 24.7. The number of carboxylic acid groups (broad SMARTS) is 1. The number of anilines is 4. The molecule has 4 aromatic carbocycles. The van der Waals surface area contributed by atoms with Crippen LogP contribution in [0, 0.1) is 0 Å². The number of Topliss-reactive ketones (excluding diaryl/α,β-unsaturated/α-hetero) is 1. The second-order valence-electron chi connectivity index (χ2n) is 18.1. The molecule has 0 aliphatic carbocycles. The van der Waals surface area contributed by atoms with Crippen molar-refractivity contribution in [2.45, 2.75) is 53.2 Å². The van der Waals surface area contributed by atoms with Crippen molar-refractivity contribution in [3.8, 4) is 16.9 Å². The number of H-pyrrole nitrogens is 2. The Morgan fingerprint density at radius 1 is 0.840 bits per heavy atom. The minimum atomic E-state index is -0.864. The van der Waals surface area contributed by atoms with Gasteiger partial charge in [-0.3, -0.25) is 9.89 Å². The molecular weight excluding hydrogens is 1230 g/mol. The van der Waals surface area contributed by atoms with E-state index >= 15 is 0 Å². The van der Waals surface area contributed by atoms with Crippen LogP contribution in [0.5, 0.6) is 5.75 Å². The van der Waals surface area contributed by atoms with E-state index < -0.39 is 17.7 Å². The van der Waals surface area contributed by atoms with Crippen molar-refractivity contribution in [2.24, 2.45) is 5.73 Å². The molecule has 81 heavy (non-hydrogen) atoms. The molecule has 10 aromatic rings. The molecule has 0 bridgehead atoms. The first-order valence-electron chi connectivity index (χ1n) is 24.2. The highest BCUT2D eigenvalue weighted by Gasteiger charge is 2.20. The second kappa shape index (κ2) is 31.0. The largest absolute Gasteiger partial charge is 0.495 e. The maximum atomic E-state index is 12.2. The second-order valence-corrected chi connectivity index (χ2v) is 21.7. The summed E-state index contributed by atoms with van der Waals surface area (Å²) in [5, 5.41) is 31.8. The molecule has 20 nitrogen and oxygen atoms in total. The summed E-state index contributed by atoms with van der Waals surface area (Å²) < 4.78 is 19.9. The van der Waals surface area contributed by atoms with E-state index in [1.54, 1.807) is 63.1 Å². The van der Waals surface area contributed by atoms with Crippen LogP contribution in [-0.4, -0.2) is 114 Å². The van der Waals surface area contributed by atoms with E-state index in [4.69, 9.17) is 48.3 Å². The molecule has 0 amide bonds. The summed E-state index contributed by atoms with van der Waals surface area (Å²) in [6, 6.07) is 30.2.